The molecule has 1 heterocycles. The highest BCUT2D eigenvalue weighted by atomic mass is 79.9. The van der Waals surface area contributed by atoms with Crippen molar-refractivity contribution in [1.29, 1.82) is 0 Å². The summed E-state index contributed by atoms with van der Waals surface area (Å²) in [6.07, 6.45) is 0. The van der Waals surface area contributed by atoms with Crippen LogP contribution in [0.1, 0.15) is 17.2 Å². The van der Waals surface area contributed by atoms with Crippen molar-refractivity contribution < 1.29 is 4.39 Å². The minimum Gasteiger partial charge on any atom is -0.314 e. The fraction of sp³-hybridized carbons (Fsp3) is 0.294. The lowest BCUT2D eigenvalue weighted by molar-refractivity contribution is 0.153. The zero-order valence-corrected chi connectivity index (χ0v) is 13.3. The second-order valence-corrected chi connectivity index (χ2v) is 6.19. The van der Waals surface area contributed by atoms with Crippen LogP contribution in [0.3, 0.4) is 0 Å². The van der Waals surface area contributed by atoms with Crippen LogP contribution in [0.25, 0.3) is 0 Å². The number of hydrogen-bond donors (Lipinski definition) is 1. The topological polar surface area (TPSA) is 15.3 Å². The minimum absolute atomic E-state index is 0.203. The molecule has 1 aliphatic rings. The van der Waals surface area contributed by atoms with Gasteiger partial charge in [0.2, 0.25) is 0 Å². The van der Waals surface area contributed by atoms with Crippen LogP contribution in [0.5, 0.6) is 0 Å². The van der Waals surface area contributed by atoms with Gasteiger partial charge < -0.3 is 5.32 Å². The number of rotatable bonds is 3. The van der Waals surface area contributed by atoms with E-state index in [1.807, 2.05) is 12.1 Å². The van der Waals surface area contributed by atoms with Crippen molar-refractivity contribution in [2.45, 2.75) is 12.6 Å². The van der Waals surface area contributed by atoms with E-state index in [9.17, 15) is 4.39 Å². The lowest BCUT2D eigenvalue weighted by atomic mass is 10.0. The second kappa shape index (κ2) is 6.69. The molecule has 0 aromatic heterocycles. The van der Waals surface area contributed by atoms with Gasteiger partial charge in [0.25, 0.3) is 0 Å². The van der Waals surface area contributed by atoms with Gasteiger partial charge >= 0.3 is 0 Å². The number of hydrogen-bond acceptors (Lipinski definition) is 2. The monoisotopic (exact) mass is 348 g/mol. The summed E-state index contributed by atoms with van der Waals surface area (Å²) in [5.74, 6) is -0.203. The SMILES string of the molecule is Fc1ccc(CN2CCNCC2c2ccccc2)c(Br)c1. The first-order valence-electron chi connectivity index (χ1n) is 7.17. The average Bonchev–Trinajstić information content (AvgIpc) is 2.51. The Bertz CT molecular complexity index is 603. The molecule has 3 rings (SSSR count). The number of halogens is 2. The Balaban J connectivity index is 1.81. The summed E-state index contributed by atoms with van der Waals surface area (Å²) in [6, 6.07) is 15.8. The zero-order chi connectivity index (χ0) is 14.7. The molecule has 0 spiro atoms. The Morgan fingerprint density at radius 2 is 2.00 bits per heavy atom. The molecule has 1 unspecified atom stereocenters. The van der Waals surface area contributed by atoms with E-state index in [-0.39, 0.29) is 5.82 Å². The van der Waals surface area contributed by atoms with E-state index in [0.717, 1.165) is 36.2 Å². The molecule has 0 aliphatic carbocycles. The van der Waals surface area contributed by atoms with Crippen molar-refractivity contribution in [1.82, 2.24) is 10.2 Å². The molecule has 2 aromatic rings. The van der Waals surface area contributed by atoms with Gasteiger partial charge in [-0.25, -0.2) is 4.39 Å². The highest BCUT2D eigenvalue weighted by Crippen LogP contribution is 2.26. The maximum absolute atomic E-state index is 13.2. The summed E-state index contributed by atoms with van der Waals surface area (Å²) in [4.78, 5) is 2.45. The van der Waals surface area contributed by atoms with E-state index < -0.39 is 0 Å². The number of nitrogens with zero attached hydrogens (tertiary/aromatic N) is 1. The molecule has 0 bridgehead atoms. The van der Waals surface area contributed by atoms with Gasteiger partial charge in [-0.1, -0.05) is 52.3 Å². The lowest BCUT2D eigenvalue weighted by Crippen LogP contribution is -2.45. The Kier molecular flexibility index (Phi) is 4.68. The fourth-order valence-corrected chi connectivity index (χ4v) is 3.28. The van der Waals surface area contributed by atoms with Gasteiger partial charge in [-0.15, -0.1) is 0 Å². The lowest BCUT2D eigenvalue weighted by Gasteiger charge is -2.36. The normalized spacial score (nSPS) is 19.6. The average molecular weight is 349 g/mol. The van der Waals surface area contributed by atoms with Crippen molar-refractivity contribution in [3.05, 3.63) is 69.9 Å². The molecule has 1 fully saturated rings. The van der Waals surface area contributed by atoms with E-state index in [2.05, 4.69) is 50.4 Å². The molecule has 4 heteroatoms. The third-order valence-corrected chi connectivity index (χ3v) is 4.67. The van der Waals surface area contributed by atoms with Gasteiger partial charge in [-0.05, 0) is 23.3 Å². The van der Waals surface area contributed by atoms with E-state index in [1.54, 1.807) is 0 Å². The molecule has 1 N–H and O–H groups in total. The van der Waals surface area contributed by atoms with Gasteiger partial charge in [0.05, 0.1) is 0 Å². The first kappa shape index (κ1) is 14.7. The summed E-state index contributed by atoms with van der Waals surface area (Å²) >= 11 is 3.47. The highest BCUT2D eigenvalue weighted by molar-refractivity contribution is 9.10. The van der Waals surface area contributed by atoms with Crippen LogP contribution in [-0.2, 0) is 6.54 Å². The molecule has 2 nitrogen and oxygen atoms in total. The predicted molar refractivity (Wildman–Crippen MR) is 86.6 cm³/mol. The summed E-state index contributed by atoms with van der Waals surface area (Å²) in [5, 5.41) is 3.46. The molecule has 1 aliphatic heterocycles. The van der Waals surface area contributed by atoms with Gasteiger partial charge in [-0.2, -0.15) is 0 Å². The minimum atomic E-state index is -0.203. The second-order valence-electron chi connectivity index (χ2n) is 5.34. The quantitative estimate of drug-likeness (QED) is 0.908. The molecule has 2 aromatic carbocycles. The van der Waals surface area contributed by atoms with Gasteiger partial charge in [0, 0.05) is 36.7 Å². The number of piperazine rings is 1. The molecule has 1 saturated heterocycles. The van der Waals surface area contributed by atoms with Crippen LogP contribution >= 0.6 is 15.9 Å². The third-order valence-electron chi connectivity index (χ3n) is 3.93. The first-order valence-corrected chi connectivity index (χ1v) is 7.97. The van der Waals surface area contributed by atoms with Crippen molar-refractivity contribution in [2.75, 3.05) is 19.6 Å². The van der Waals surface area contributed by atoms with E-state index in [0.29, 0.717) is 6.04 Å². The molecule has 1 atom stereocenters. The Morgan fingerprint density at radius 1 is 1.19 bits per heavy atom. The third kappa shape index (κ3) is 3.51. The molecular formula is C17H18BrFN2. The van der Waals surface area contributed by atoms with Crippen LogP contribution in [0.15, 0.2) is 53.0 Å². The maximum atomic E-state index is 13.2. The van der Waals surface area contributed by atoms with Crippen molar-refractivity contribution in [2.24, 2.45) is 0 Å². The molecule has 0 amide bonds. The molecule has 0 radical (unpaired) electrons. The predicted octanol–water partition coefficient (Wildman–Crippen LogP) is 3.73. The van der Waals surface area contributed by atoms with Gasteiger partial charge in [0.15, 0.2) is 0 Å². The van der Waals surface area contributed by atoms with Crippen molar-refractivity contribution >= 4 is 15.9 Å². The van der Waals surface area contributed by atoms with E-state index >= 15 is 0 Å². The first-order chi connectivity index (χ1) is 10.2. The number of nitrogens with one attached hydrogen (secondary N) is 1. The van der Waals surface area contributed by atoms with Crippen molar-refractivity contribution in [3.8, 4) is 0 Å². The molecule has 21 heavy (non-hydrogen) atoms. The van der Waals surface area contributed by atoms with E-state index in [1.165, 1.54) is 17.7 Å². The largest absolute Gasteiger partial charge is 0.314 e. The maximum Gasteiger partial charge on any atom is 0.124 e. The van der Waals surface area contributed by atoms with Crippen LogP contribution in [0.2, 0.25) is 0 Å². The van der Waals surface area contributed by atoms with Gasteiger partial charge in [0.1, 0.15) is 5.82 Å². The summed E-state index contributed by atoms with van der Waals surface area (Å²) in [7, 11) is 0. The molecular weight excluding hydrogens is 331 g/mol. The Morgan fingerprint density at radius 3 is 2.76 bits per heavy atom. The van der Waals surface area contributed by atoms with Crippen LogP contribution in [0.4, 0.5) is 4.39 Å². The van der Waals surface area contributed by atoms with Crippen LogP contribution in [0, 0.1) is 5.82 Å². The van der Waals surface area contributed by atoms with Crippen LogP contribution in [-0.4, -0.2) is 24.5 Å². The summed E-state index contributed by atoms with van der Waals surface area (Å²) in [5.41, 5.74) is 2.45. The van der Waals surface area contributed by atoms with Crippen LogP contribution < -0.4 is 5.32 Å². The highest BCUT2D eigenvalue weighted by Gasteiger charge is 2.24. The van der Waals surface area contributed by atoms with Gasteiger partial charge in [-0.3, -0.25) is 4.90 Å². The smallest absolute Gasteiger partial charge is 0.124 e. The molecule has 110 valence electrons. The van der Waals surface area contributed by atoms with E-state index in [4.69, 9.17) is 0 Å². The molecule has 0 saturated carbocycles. The zero-order valence-electron chi connectivity index (χ0n) is 11.7. The summed E-state index contributed by atoms with van der Waals surface area (Å²) in [6.45, 7) is 3.75. The standard InChI is InChI=1S/C17H18BrFN2/c18-16-10-15(19)7-6-14(16)12-21-9-8-20-11-17(21)13-4-2-1-3-5-13/h1-7,10,17,20H,8-9,11-12H2. The fourth-order valence-electron chi connectivity index (χ4n) is 2.81. The Hall–Kier alpha value is -1.23. The Labute approximate surface area is 133 Å². The van der Waals surface area contributed by atoms with Crippen molar-refractivity contribution in [3.63, 3.8) is 0 Å². The summed E-state index contributed by atoms with van der Waals surface area (Å²) < 4.78 is 14.1. The number of benzene rings is 2.